The molecule has 2 N–H and O–H groups in total. The van der Waals surface area contributed by atoms with E-state index in [4.69, 9.17) is 4.74 Å². The Morgan fingerprint density at radius 1 is 1.39 bits per heavy atom. The highest BCUT2D eigenvalue weighted by atomic mass is 16.5. The molecule has 1 fully saturated rings. The molecule has 18 heavy (non-hydrogen) atoms. The summed E-state index contributed by atoms with van der Waals surface area (Å²) in [4.78, 5) is 0. The molecular formula is C15H31NO2. The summed E-state index contributed by atoms with van der Waals surface area (Å²) in [5, 5.41) is 13.3. The van der Waals surface area contributed by atoms with Gasteiger partial charge in [0.25, 0.3) is 0 Å². The van der Waals surface area contributed by atoms with Gasteiger partial charge >= 0.3 is 0 Å². The standard InChI is InChI=1S/C15H31NO2/c1-5-10-16-15(12-17)9-7-8-13(11-15)18-14(3,4)6-2/h13,16-17H,5-12H2,1-4H3. The molecule has 1 aliphatic carbocycles. The fourth-order valence-corrected chi connectivity index (χ4v) is 2.69. The normalized spacial score (nSPS) is 29.5. The van der Waals surface area contributed by atoms with E-state index in [1.165, 1.54) is 0 Å². The van der Waals surface area contributed by atoms with Gasteiger partial charge in [-0.2, -0.15) is 0 Å². The van der Waals surface area contributed by atoms with Crippen LogP contribution in [0.5, 0.6) is 0 Å². The summed E-state index contributed by atoms with van der Waals surface area (Å²) in [5.41, 5.74) is -0.156. The molecule has 0 aromatic heterocycles. The van der Waals surface area contributed by atoms with Gasteiger partial charge in [0.2, 0.25) is 0 Å². The maximum atomic E-state index is 9.72. The SMILES string of the molecule is CCCNC1(CO)CCCC(OC(C)(C)CC)C1. The summed E-state index contributed by atoms with van der Waals surface area (Å²) in [5.74, 6) is 0. The number of aliphatic hydroxyl groups is 1. The predicted molar refractivity (Wildman–Crippen MR) is 75.8 cm³/mol. The van der Waals surface area contributed by atoms with Crippen LogP contribution in [0.4, 0.5) is 0 Å². The number of hydrogen-bond acceptors (Lipinski definition) is 3. The van der Waals surface area contributed by atoms with Crippen molar-refractivity contribution in [3.05, 3.63) is 0 Å². The molecule has 1 saturated carbocycles. The van der Waals surface area contributed by atoms with Gasteiger partial charge in [-0.1, -0.05) is 13.8 Å². The number of ether oxygens (including phenoxy) is 1. The third kappa shape index (κ3) is 4.52. The van der Waals surface area contributed by atoms with Gasteiger partial charge in [-0.15, -0.1) is 0 Å². The predicted octanol–water partition coefficient (Wildman–Crippen LogP) is 2.86. The highest BCUT2D eigenvalue weighted by molar-refractivity contribution is 4.94. The largest absolute Gasteiger partial charge is 0.394 e. The molecule has 0 spiro atoms. The summed E-state index contributed by atoms with van der Waals surface area (Å²) >= 11 is 0. The molecule has 0 aromatic rings. The fraction of sp³-hybridized carbons (Fsp3) is 1.00. The van der Waals surface area contributed by atoms with Gasteiger partial charge in [-0.05, 0) is 58.9 Å². The molecule has 0 aromatic carbocycles. The molecule has 0 saturated heterocycles. The van der Waals surface area contributed by atoms with E-state index in [1.54, 1.807) is 0 Å². The van der Waals surface area contributed by atoms with Crippen LogP contribution in [0.15, 0.2) is 0 Å². The molecule has 3 heteroatoms. The van der Waals surface area contributed by atoms with Gasteiger partial charge in [-0.25, -0.2) is 0 Å². The molecule has 0 bridgehead atoms. The quantitative estimate of drug-likeness (QED) is 0.737. The van der Waals surface area contributed by atoms with Gasteiger partial charge in [0.15, 0.2) is 0 Å². The van der Waals surface area contributed by atoms with Gasteiger partial charge in [0, 0.05) is 5.54 Å². The maximum absolute atomic E-state index is 9.72. The second-order valence-electron chi connectivity index (χ2n) is 6.31. The van der Waals surface area contributed by atoms with E-state index in [0.29, 0.717) is 0 Å². The van der Waals surface area contributed by atoms with E-state index in [-0.39, 0.29) is 23.9 Å². The summed E-state index contributed by atoms with van der Waals surface area (Å²) in [6.45, 7) is 9.83. The Morgan fingerprint density at radius 2 is 2.11 bits per heavy atom. The lowest BCUT2D eigenvalue weighted by atomic mass is 9.80. The molecule has 3 nitrogen and oxygen atoms in total. The van der Waals surface area contributed by atoms with Crippen LogP contribution in [0, 0.1) is 0 Å². The minimum atomic E-state index is -0.108. The van der Waals surface area contributed by atoms with Crippen molar-refractivity contribution in [2.24, 2.45) is 0 Å². The number of nitrogens with one attached hydrogen (secondary N) is 1. The van der Waals surface area contributed by atoms with Crippen molar-refractivity contribution in [3.63, 3.8) is 0 Å². The molecule has 1 aliphatic rings. The number of rotatable bonds is 7. The van der Waals surface area contributed by atoms with Crippen molar-refractivity contribution in [1.29, 1.82) is 0 Å². The highest BCUT2D eigenvalue weighted by Gasteiger charge is 2.37. The van der Waals surface area contributed by atoms with Crippen LogP contribution < -0.4 is 5.32 Å². The first-order valence-electron chi connectivity index (χ1n) is 7.50. The van der Waals surface area contributed by atoms with Crippen molar-refractivity contribution < 1.29 is 9.84 Å². The summed E-state index contributed by atoms with van der Waals surface area (Å²) < 4.78 is 6.21. The summed E-state index contributed by atoms with van der Waals surface area (Å²) in [6, 6.07) is 0. The van der Waals surface area contributed by atoms with Gasteiger partial charge in [0.1, 0.15) is 0 Å². The van der Waals surface area contributed by atoms with Crippen LogP contribution >= 0.6 is 0 Å². The summed E-state index contributed by atoms with van der Waals surface area (Å²) in [7, 11) is 0. The van der Waals surface area contributed by atoms with E-state index >= 15 is 0 Å². The lowest BCUT2D eigenvalue weighted by Crippen LogP contribution is -2.54. The zero-order valence-corrected chi connectivity index (χ0v) is 12.6. The molecular weight excluding hydrogens is 226 g/mol. The second kappa shape index (κ2) is 6.88. The van der Waals surface area contributed by atoms with Crippen molar-refractivity contribution in [1.82, 2.24) is 5.32 Å². The van der Waals surface area contributed by atoms with Crippen LogP contribution in [-0.2, 0) is 4.74 Å². The average Bonchev–Trinajstić information content (AvgIpc) is 2.36. The molecule has 0 amide bonds. The van der Waals surface area contributed by atoms with Gasteiger partial charge < -0.3 is 15.2 Å². The van der Waals surface area contributed by atoms with Crippen molar-refractivity contribution in [2.45, 2.75) is 83.5 Å². The van der Waals surface area contributed by atoms with E-state index in [2.05, 4.69) is 33.0 Å². The first-order valence-corrected chi connectivity index (χ1v) is 7.50. The molecule has 108 valence electrons. The smallest absolute Gasteiger partial charge is 0.0627 e. The Bertz CT molecular complexity index is 243. The lowest BCUT2D eigenvalue weighted by molar-refractivity contribution is -0.103. The Morgan fingerprint density at radius 3 is 2.67 bits per heavy atom. The Kier molecular flexibility index (Phi) is 6.09. The first-order chi connectivity index (χ1) is 8.47. The zero-order chi connectivity index (χ0) is 13.6. The van der Waals surface area contributed by atoms with Crippen LogP contribution in [-0.4, -0.2) is 35.5 Å². The highest BCUT2D eigenvalue weighted by Crippen LogP contribution is 2.32. The van der Waals surface area contributed by atoms with Crippen LogP contribution in [0.25, 0.3) is 0 Å². The molecule has 0 radical (unpaired) electrons. The third-order valence-corrected chi connectivity index (χ3v) is 4.19. The maximum Gasteiger partial charge on any atom is 0.0627 e. The first kappa shape index (κ1) is 15.9. The third-order valence-electron chi connectivity index (χ3n) is 4.19. The zero-order valence-electron chi connectivity index (χ0n) is 12.6. The van der Waals surface area contributed by atoms with Crippen LogP contribution in [0.1, 0.15) is 66.2 Å². The Balaban J connectivity index is 2.57. The van der Waals surface area contributed by atoms with Crippen LogP contribution in [0.3, 0.4) is 0 Å². The van der Waals surface area contributed by atoms with Crippen LogP contribution in [0.2, 0.25) is 0 Å². The molecule has 0 heterocycles. The van der Waals surface area contributed by atoms with E-state index in [0.717, 1.165) is 45.1 Å². The van der Waals surface area contributed by atoms with Gasteiger partial charge in [0.05, 0.1) is 18.3 Å². The summed E-state index contributed by atoms with van der Waals surface area (Å²) in [6.07, 6.45) is 6.68. The molecule has 2 atom stereocenters. The Hall–Kier alpha value is -0.120. The van der Waals surface area contributed by atoms with E-state index in [1.807, 2.05) is 0 Å². The van der Waals surface area contributed by atoms with Crippen molar-refractivity contribution in [3.8, 4) is 0 Å². The molecule has 1 rings (SSSR count). The topological polar surface area (TPSA) is 41.5 Å². The van der Waals surface area contributed by atoms with Gasteiger partial charge in [-0.3, -0.25) is 0 Å². The Labute approximate surface area is 112 Å². The lowest BCUT2D eigenvalue weighted by Gasteiger charge is -2.42. The monoisotopic (exact) mass is 257 g/mol. The van der Waals surface area contributed by atoms with E-state index < -0.39 is 0 Å². The van der Waals surface area contributed by atoms with E-state index in [9.17, 15) is 5.11 Å². The minimum Gasteiger partial charge on any atom is -0.394 e. The molecule has 0 aliphatic heterocycles. The average molecular weight is 257 g/mol. The minimum absolute atomic E-state index is 0.0477. The fourth-order valence-electron chi connectivity index (χ4n) is 2.69. The molecule has 2 unspecified atom stereocenters. The van der Waals surface area contributed by atoms with Crippen molar-refractivity contribution >= 4 is 0 Å². The number of hydrogen-bond donors (Lipinski definition) is 2. The number of aliphatic hydroxyl groups excluding tert-OH is 1. The van der Waals surface area contributed by atoms with Crippen molar-refractivity contribution in [2.75, 3.05) is 13.2 Å². The second-order valence-corrected chi connectivity index (χ2v) is 6.31.